The molecule has 1 rings (SSSR count). The van der Waals surface area contributed by atoms with E-state index in [1.807, 2.05) is 52.1 Å². The van der Waals surface area contributed by atoms with E-state index in [-0.39, 0.29) is 17.9 Å². The average molecular weight is 308 g/mol. The van der Waals surface area contributed by atoms with E-state index in [1.54, 1.807) is 0 Å². The lowest BCUT2D eigenvalue weighted by molar-refractivity contribution is -0.119. The third-order valence-corrected chi connectivity index (χ3v) is 3.10. The van der Waals surface area contributed by atoms with Crippen molar-refractivity contribution in [1.82, 2.24) is 5.32 Å². The molecule has 1 aromatic rings. The van der Waals surface area contributed by atoms with E-state index in [0.717, 1.165) is 11.3 Å². The van der Waals surface area contributed by atoms with Gasteiger partial charge in [-0.15, -0.1) is 0 Å². The number of amides is 1. The molecule has 1 amide bonds. The number of carbonyl (C=O) groups is 1. The molecule has 124 valence electrons. The molecule has 0 radical (unpaired) electrons. The van der Waals surface area contributed by atoms with Crippen LogP contribution in [0.3, 0.4) is 0 Å². The van der Waals surface area contributed by atoms with Crippen LogP contribution in [0.4, 0.5) is 5.69 Å². The van der Waals surface area contributed by atoms with Gasteiger partial charge in [0.1, 0.15) is 0 Å². The van der Waals surface area contributed by atoms with Crippen molar-refractivity contribution in [3.8, 4) is 0 Å². The number of ether oxygens (including phenoxy) is 2. The Morgan fingerprint density at radius 3 is 2.68 bits per heavy atom. The van der Waals surface area contributed by atoms with Gasteiger partial charge in [0.05, 0.1) is 25.9 Å². The first-order chi connectivity index (χ1) is 10.5. The summed E-state index contributed by atoms with van der Waals surface area (Å²) in [6.07, 6.45) is 0.224. The van der Waals surface area contributed by atoms with Crippen molar-refractivity contribution in [2.45, 2.75) is 33.5 Å². The maximum Gasteiger partial charge on any atom is 0.228 e. The molecule has 0 spiro atoms. The molecule has 0 saturated carbocycles. The minimum absolute atomic E-state index is 0.0118. The van der Waals surface area contributed by atoms with Crippen molar-refractivity contribution < 1.29 is 14.3 Å². The molecule has 0 saturated heterocycles. The Kier molecular flexibility index (Phi) is 8.74. The fourth-order valence-corrected chi connectivity index (χ4v) is 1.94. The number of benzene rings is 1. The van der Waals surface area contributed by atoms with E-state index in [2.05, 4.69) is 10.6 Å². The second kappa shape index (κ2) is 10.3. The van der Waals surface area contributed by atoms with Crippen LogP contribution in [0.1, 0.15) is 26.3 Å². The predicted molar refractivity (Wildman–Crippen MR) is 88.9 cm³/mol. The highest BCUT2D eigenvalue weighted by Crippen LogP contribution is 2.13. The maximum atomic E-state index is 12.0. The zero-order valence-corrected chi connectivity index (χ0v) is 14.0. The summed E-state index contributed by atoms with van der Waals surface area (Å²) < 4.78 is 11.0. The van der Waals surface area contributed by atoms with Gasteiger partial charge >= 0.3 is 0 Å². The molecule has 2 N–H and O–H groups in total. The Balaban J connectivity index is 2.40. The van der Waals surface area contributed by atoms with Crippen LogP contribution in [0.2, 0.25) is 0 Å². The molecule has 22 heavy (non-hydrogen) atoms. The maximum absolute atomic E-state index is 12.0. The smallest absolute Gasteiger partial charge is 0.228 e. The van der Waals surface area contributed by atoms with Crippen molar-refractivity contribution >= 4 is 11.6 Å². The quantitative estimate of drug-likeness (QED) is 0.652. The number of hydrogen-bond donors (Lipinski definition) is 2. The monoisotopic (exact) mass is 308 g/mol. The normalized spacial score (nSPS) is 12.4. The van der Waals surface area contributed by atoms with Gasteiger partial charge in [-0.1, -0.05) is 19.1 Å². The molecule has 0 aliphatic carbocycles. The molecule has 0 aromatic heterocycles. The Morgan fingerprint density at radius 2 is 2.00 bits per heavy atom. The predicted octanol–water partition coefficient (Wildman–Crippen LogP) is 2.42. The van der Waals surface area contributed by atoms with Gasteiger partial charge < -0.3 is 20.1 Å². The minimum atomic E-state index is -0.0712. The van der Waals surface area contributed by atoms with Gasteiger partial charge in [-0.25, -0.2) is 0 Å². The molecule has 0 bridgehead atoms. The molecular formula is C17H28N2O3. The number of hydrogen-bond acceptors (Lipinski definition) is 4. The lowest BCUT2D eigenvalue weighted by Crippen LogP contribution is -2.28. The van der Waals surface area contributed by atoms with Gasteiger partial charge in [0, 0.05) is 18.2 Å². The van der Waals surface area contributed by atoms with E-state index in [0.29, 0.717) is 26.4 Å². The van der Waals surface area contributed by atoms with Gasteiger partial charge in [0.15, 0.2) is 0 Å². The van der Waals surface area contributed by atoms with Crippen molar-refractivity contribution in [2.24, 2.45) is 5.92 Å². The van der Waals surface area contributed by atoms with Crippen molar-refractivity contribution in [2.75, 3.05) is 32.1 Å². The molecule has 0 heterocycles. The van der Waals surface area contributed by atoms with Crippen molar-refractivity contribution in [1.29, 1.82) is 0 Å². The number of rotatable bonds is 10. The molecule has 5 heteroatoms. The van der Waals surface area contributed by atoms with Crippen molar-refractivity contribution in [3.05, 3.63) is 29.8 Å². The zero-order valence-electron chi connectivity index (χ0n) is 14.0. The van der Waals surface area contributed by atoms with Crippen LogP contribution in [0.5, 0.6) is 0 Å². The largest absolute Gasteiger partial charge is 0.376 e. The van der Waals surface area contributed by atoms with Crippen LogP contribution in [0.15, 0.2) is 24.3 Å². The Morgan fingerprint density at radius 1 is 1.23 bits per heavy atom. The number of anilines is 1. The third-order valence-electron chi connectivity index (χ3n) is 3.10. The molecule has 0 fully saturated rings. The van der Waals surface area contributed by atoms with Crippen LogP contribution in [-0.2, 0) is 20.9 Å². The summed E-state index contributed by atoms with van der Waals surface area (Å²) in [5, 5.41) is 5.92. The molecular weight excluding hydrogens is 280 g/mol. The highest BCUT2D eigenvalue weighted by molar-refractivity contribution is 5.92. The summed E-state index contributed by atoms with van der Waals surface area (Å²) in [6, 6.07) is 7.72. The summed E-state index contributed by atoms with van der Waals surface area (Å²) in [5.41, 5.74) is 1.83. The lowest BCUT2D eigenvalue weighted by Gasteiger charge is -2.12. The first-order valence-electron chi connectivity index (χ1n) is 7.76. The van der Waals surface area contributed by atoms with Crippen LogP contribution in [-0.4, -0.2) is 38.8 Å². The summed E-state index contributed by atoms with van der Waals surface area (Å²) >= 11 is 0. The Hall–Kier alpha value is -1.43. The highest BCUT2D eigenvalue weighted by atomic mass is 16.5. The molecule has 0 aliphatic heterocycles. The van der Waals surface area contributed by atoms with E-state index in [9.17, 15) is 4.79 Å². The van der Waals surface area contributed by atoms with Gasteiger partial charge in [-0.05, 0) is 38.6 Å². The Labute approximate surface area is 133 Å². The topological polar surface area (TPSA) is 59.6 Å². The summed E-state index contributed by atoms with van der Waals surface area (Å²) in [5.74, 6) is -0.0594. The van der Waals surface area contributed by atoms with E-state index < -0.39 is 0 Å². The minimum Gasteiger partial charge on any atom is -0.376 e. The van der Waals surface area contributed by atoms with Crippen LogP contribution < -0.4 is 10.6 Å². The standard InChI is InChI=1S/C17H28N2O3/c1-13(2)22-9-8-21-12-15-6-5-7-16(10-15)19-17(20)14(3)11-18-4/h5-7,10,13-14,18H,8-9,11-12H2,1-4H3,(H,19,20). The summed E-state index contributed by atoms with van der Waals surface area (Å²) in [7, 11) is 1.84. The number of nitrogens with one attached hydrogen (secondary N) is 2. The van der Waals surface area contributed by atoms with Gasteiger partial charge in [-0.2, -0.15) is 0 Å². The first-order valence-corrected chi connectivity index (χ1v) is 7.76. The van der Waals surface area contributed by atoms with Crippen LogP contribution in [0.25, 0.3) is 0 Å². The number of carbonyl (C=O) groups excluding carboxylic acids is 1. The van der Waals surface area contributed by atoms with Crippen molar-refractivity contribution in [3.63, 3.8) is 0 Å². The third kappa shape index (κ3) is 7.54. The SMILES string of the molecule is CNCC(C)C(=O)Nc1cccc(COCCOC(C)C)c1. The van der Waals surface area contributed by atoms with Crippen LogP contribution in [0, 0.1) is 5.92 Å². The van der Waals surface area contributed by atoms with Gasteiger partial charge in [-0.3, -0.25) is 4.79 Å². The zero-order chi connectivity index (χ0) is 16.4. The second-order valence-electron chi connectivity index (χ2n) is 5.62. The molecule has 0 aliphatic rings. The van der Waals surface area contributed by atoms with Gasteiger partial charge in [0.25, 0.3) is 0 Å². The fraction of sp³-hybridized carbons (Fsp3) is 0.588. The molecule has 1 aromatic carbocycles. The average Bonchev–Trinajstić information content (AvgIpc) is 2.47. The van der Waals surface area contributed by atoms with Crippen LogP contribution >= 0.6 is 0 Å². The van der Waals surface area contributed by atoms with Gasteiger partial charge in [0.2, 0.25) is 5.91 Å². The fourth-order valence-electron chi connectivity index (χ4n) is 1.94. The molecule has 5 nitrogen and oxygen atoms in total. The Bertz CT molecular complexity index is 449. The molecule has 1 unspecified atom stereocenters. The van der Waals surface area contributed by atoms with E-state index in [1.165, 1.54) is 0 Å². The lowest BCUT2D eigenvalue weighted by atomic mass is 10.1. The second-order valence-corrected chi connectivity index (χ2v) is 5.62. The highest BCUT2D eigenvalue weighted by Gasteiger charge is 2.11. The van der Waals surface area contributed by atoms with E-state index >= 15 is 0 Å². The van der Waals surface area contributed by atoms with E-state index in [4.69, 9.17) is 9.47 Å². The first kappa shape index (κ1) is 18.6. The summed E-state index contributed by atoms with van der Waals surface area (Å²) in [6.45, 7) is 8.22. The summed E-state index contributed by atoms with van der Waals surface area (Å²) in [4.78, 5) is 12.0. The molecule has 1 atom stereocenters.